The van der Waals surface area contributed by atoms with Crippen molar-refractivity contribution in [3.8, 4) is 0 Å². The Morgan fingerprint density at radius 1 is 1.40 bits per heavy atom. The molecule has 0 atom stereocenters. The van der Waals surface area contributed by atoms with Gasteiger partial charge in [0, 0.05) is 5.69 Å². The molecule has 0 unspecified atom stereocenters. The number of hydrogen-bond donors (Lipinski definition) is 1. The molecule has 1 heterocycles. The number of hydrogen-bond acceptors (Lipinski definition) is 4. The molecule has 1 aliphatic heterocycles. The largest absolute Gasteiger partial charge is 0.325 e. The van der Waals surface area contributed by atoms with Gasteiger partial charge >= 0.3 is 0 Å². The number of anilines is 1. The Morgan fingerprint density at radius 2 is 2.05 bits per heavy atom. The number of carbonyl (C=O) groups excluding carboxylic acids is 2. The van der Waals surface area contributed by atoms with Gasteiger partial charge in [-0.2, -0.15) is 0 Å². The van der Waals surface area contributed by atoms with Crippen molar-refractivity contribution in [2.45, 2.75) is 19.8 Å². The number of thioether (sulfide) groups is 1. The number of thiocarbonyl (C=S) groups is 1. The number of amides is 2. The second kappa shape index (κ2) is 6.37. The predicted octanol–water partition coefficient (Wildman–Crippen LogP) is 2.61. The summed E-state index contributed by atoms with van der Waals surface area (Å²) in [5.41, 5.74) is 1.94. The van der Waals surface area contributed by atoms with E-state index in [1.807, 2.05) is 24.3 Å². The molecular weight excluding hydrogens is 292 g/mol. The van der Waals surface area contributed by atoms with Gasteiger partial charge in [-0.15, -0.1) is 0 Å². The maximum Gasteiger partial charge on any atom is 0.244 e. The first kappa shape index (κ1) is 15.0. The van der Waals surface area contributed by atoms with Crippen LogP contribution >= 0.6 is 24.0 Å². The van der Waals surface area contributed by atoms with Crippen molar-refractivity contribution in [1.29, 1.82) is 0 Å². The van der Waals surface area contributed by atoms with Gasteiger partial charge in [0.1, 0.15) is 10.9 Å². The summed E-state index contributed by atoms with van der Waals surface area (Å²) in [5.74, 6) is 0.442. The molecule has 4 nitrogen and oxygen atoms in total. The fourth-order valence-corrected chi connectivity index (χ4v) is 2.90. The molecule has 0 spiro atoms. The van der Waals surface area contributed by atoms with Crippen LogP contribution in [-0.2, 0) is 9.59 Å². The van der Waals surface area contributed by atoms with E-state index in [1.54, 1.807) is 0 Å². The highest BCUT2D eigenvalue weighted by Gasteiger charge is 2.28. The molecule has 0 radical (unpaired) electrons. The van der Waals surface area contributed by atoms with Crippen LogP contribution in [0, 0.1) is 0 Å². The van der Waals surface area contributed by atoms with Gasteiger partial charge in [-0.05, 0) is 23.6 Å². The Bertz CT molecular complexity index is 525. The van der Waals surface area contributed by atoms with Gasteiger partial charge in [0.2, 0.25) is 11.8 Å². The Labute approximate surface area is 127 Å². The second-order valence-corrected chi connectivity index (χ2v) is 6.47. The Balaban J connectivity index is 1.94. The minimum Gasteiger partial charge on any atom is -0.325 e. The van der Waals surface area contributed by atoms with Crippen LogP contribution in [0.1, 0.15) is 25.3 Å². The third-order valence-corrected chi connectivity index (χ3v) is 4.44. The van der Waals surface area contributed by atoms with E-state index in [0.717, 1.165) is 5.69 Å². The van der Waals surface area contributed by atoms with Crippen molar-refractivity contribution in [3.05, 3.63) is 29.8 Å². The summed E-state index contributed by atoms with van der Waals surface area (Å²) in [5, 5.41) is 2.77. The average molecular weight is 308 g/mol. The van der Waals surface area contributed by atoms with Crippen LogP contribution in [0.25, 0.3) is 0 Å². The maximum atomic E-state index is 11.9. The van der Waals surface area contributed by atoms with Gasteiger partial charge in [-0.3, -0.25) is 14.5 Å². The van der Waals surface area contributed by atoms with E-state index < -0.39 is 0 Å². The normalized spacial score (nSPS) is 15.1. The predicted molar refractivity (Wildman–Crippen MR) is 85.9 cm³/mol. The highest BCUT2D eigenvalue weighted by molar-refractivity contribution is 8.23. The third kappa shape index (κ3) is 3.58. The van der Waals surface area contributed by atoms with Crippen LogP contribution in [0.4, 0.5) is 5.69 Å². The van der Waals surface area contributed by atoms with Crippen molar-refractivity contribution in [3.63, 3.8) is 0 Å². The van der Waals surface area contributed by atoms with E-state index in [-0.39, 0.29) is 18.4 Å². The monoisotopic (exact) mass is 308 g/mol. The highest BCUT2D eigenvalue weighted by Crippen LogP contribution is 2.20. The molecule has 106 valence electrons. The molecule has 20 heavy (non-hydrogen) atoms. The topological polar surface area (TPSA) is 49.4 Å². The van der Waals surface area contributed by atoms with E-state index in [0.29, 0.717) is 16.0 Å². The van der Waals surface area contributed by atoms with Gasteiger partial charge < -0.3 is 5.32 Å². The zero-order valence-electron chi connectivity index (χ0n) is 11.4. The fourth-order valence-electron chi connectivity index (χ4n) is 1.83. The highest BCUT2D eigenvalue weighted by atomic mass is 32.2. The number of benzene rings is 1. The summed E-state index contributed by atoms with van der Waals surface area (Å²) in [6.45, 7) is 4.22. The molecule has 0 bridgehead atoms. The van der Waals surface area contributed by atoms with Crippen LogP contribution < -0.4 is 5.32 Å². The molecule has 6 heteroatoms. The number of rotatable bonds is 4. The van der Waals surface area contributed by atoms with Gasteiger partial charge in [0.05, 0.1) is 5.75 Å². The standard InChI is InChI=1S/C14H16N2O2S2/c1-9(2)10-3-5-11(6-4-10)15-12(17)7-16-13(18)8-20-14(16)19/h3-6,9H,7-8H2,1-2H3,(H,15,17). The SMILES string of the molecule is CC(C)c1ccc(NC(=O)CN2C(=O)CSC2=S)cc1. The molecule has 0 aromatic heterocycles. The van der Waals surface area contributed by atoms with E-state index >= 15 is 0 Å². The molecular formula is C14H16N2O2S2. The summed E-state index contributed by atoms with van der Waals surface area (Å²) >= 11 is 6.33. The quantitative estimate of drug-likeness (QED) is 0.869. The molecule has 1 aliphatic rings. The number of carbonyl (C=O) groups is 2. The number of nitrogens with one attached hydrogen (secondary N) is 1. The molecule has 1 saturated heterocycles. The van der Waals surface area contributed by atoms with Gasteiger partial charge in [0.15, 0.2) is 0 Å². The van der Waals surface area contributed by atoms with E-state index in [9.17, 15) is 9.59 Å². The van der Waals surface area contributed by atoms with E-state index in [2.05, 4.69) is 19.2 Å². The number of nitrogens with zero attached hydrogens (tertiary/aromatic N) is 1. The van der Waals surface area contributed by atoms with Crippen LogP contribution in [0.2, 0.25) is 0 Å². The first-order valence-corrected chi connectivity index (χ1v) is 7.73. The van der Waals surface area contributed by atoms with Crippen molar-refractivity contribution in [2.75, 3.05) is 17.6 Å². The lowest BCUT2D eigenvalue weighted by atomic mass is 10.0. The molecule has 1 fully saturated rings. The van der Waals surface area contributed by atoms with Crippen molar-refractivity contribution < 1.29 is 9.59 Å². The minimum atomic E-state index is -0.236. The Hall–Kier alpha value is -1.40. The molecule has 2 rings (SSSR count). The van der Waals surface area contributed by atoms with Gasteiger partial charge in [-0.25, -0.2) is 0 Å². The molecule has 1 N–H and O–H groups in total. The summed E-state index contributed by atoms with van der Waals surface area (Å²) in [7, 11) is 0. The minimum absolute atomic E-state index is 0.0173. The molecule has 1 aromatic rings. The Morgan fingerprint density at radius 3 is 2.55 bits per heavy atom. The smallest absolute Gasteiger partial charge is 0.244 e. The molecule has 0 saturated carbocycles. The van der Waals surface area contributed by atoms with Crippen LogP contribution in [0.5, 0.6) is 0 Å². The van der Waals surface area contributed by atoms with Gasteiger partial charge in [-0.1, -0.05) is 50.0 Å². The average Bonchev–Trinajstić information content (AvgIpc) is 2.71. The molecule has 0 aliphatic carbocycles. The van der Waals surface area contributed by atoms with Crippen molar-refractivity contribution in [1.82, 2.24) is 4.90 Å². The van der Waals surface area contributed by atoms with Crippen LogP contribution in [0.3, 0.4) is 0 Å². The molecule has 1 aromatic carbocycles. The second-order valence-electron chi connectivity index (χ2n) is 4.86. The fraction of sp³-hybridized carbons (Fsp3) is 0.357. The van der Waals surface area contributed by atoms with Crippen molar-refractivity contribution >= 4 is 45.8 Å². The lowest BCUT2D eigenvalue weighted by Gasteiger charge is -2.14. The van der Waals surface area contributed by atoms with E-state index in [1.165, 1.54) is 22.2 Å². The summed E-state index contributed by atoms with van der Waals surface area (Å²) in [4.78, 5) is 24.8. The van der Waals surface area contributed by atoms with Crippen LogP contribution in [-0.4, -0.2) is 33.3 Å². The Kier molecular flexibility index (Phi) is 4.77. The molecule has 2 amide bonds. The zero-order valence-corrected chi connectivity index (χ0v) is 13.0. The first-order chi connectivity index (χ1) is 9.47. The summed E-state index contributed by atoms with van der Waals surface area (Å²) in [6.07, 6.45) is 0. The van der Waals surface area contributed by atoms with Crippen molar-refractivity contribution in [2.24, 2.45) is 0 Å². The van der Waals surface area contributed by atoms with E-state index in [4.69, 9.17) is 12.2 Å². The maximum absolute atomic E-state index is 11.9. The van der Waals surface area contributed by atoms with Gasteiger partial charge in [0.25, 0.3) is 0 Å². The van der Waals surface area contributed by atoms with Crippen LogP contribution in [0.15, 0.2) is 24.3 Å². The first-order valence-electron chi connectivity index (χ1n) is 6.34. The summed E-state index contributed by atoms with van der Waals surface area (Å²) in [6, 6.07) is 7.71. The summed E-state index contributed by atoms with van der Waals surface area (Å²) < 4.78 is 0.473. The lowest BCUT2D eigenvalue weighted by Crippen LogP contribution is -2.36. The lowest BCUT2D eigenvalue weighted by molar-refractivity contribution is -0.127. The third-order valence-electron chi connectivity index (χ3n) is 3.00. The zero-order chi connectivity index (χ0) is 14.7.